The molecule has 0 bridgehead atoms. The maximum Gasteiger partial charge on any atom is 0.488 e. The van der Waals surface area contributed by atoms with Crippen molar-refractivity contribution in [2.45, 2.75) is 25.7 Å². The van der Waals surface area contributed by atoms with E-state index in [0.29, 0.717) is 5.46 Å². The van der Waals surface area contributed by atoms with Crippen LogP contribution in [0.5, 0.6) is 0 Å². The molecule has 24 aromatic rings. The number of aryl methyl sites for hydroxylation is 4. The van der Waals surface area contributed by atoms with Gasteiger partial charge in [-0.3, -0.25) is 0 Å². The summed E-state index contributed by atoms with van der Waals surface area (Å²) < 4.78 is 1.21. The van der Waals surface area contributed by atoms with E-state index in [1.165, 1.54) is 203 Å². The molecule has 0 aliphatic heterocycles. The molecule has 0 saturated carbocycles. The summed E-state index contributed by atoms with van der Waals surface area (Å²) in [4.78, 5) is 0. The predicted octanol–water partition coefficient (Wildman–Crippen LogP) is 28.3. The molecule has 2 aliphatic carbocycles. The molecular formula is C132H102BBrO2P4Pd. The number of rotatable bonds is 16. The van der Waals surface area contributed by atoms with Gasteiger partial charge in [-0.2, -0.15) is 0 Å². The molecule has 9 heteroatoms. The van der Waals surface area contributed by atoms with Gasteiger partial charge in [0.05, 0.1) is 0 Å². The van der Waals surface area contributed by atoms with Gasteiger partial charge in [-0.15, -0.1) is 0 Å². The number of hydrogen-bond acceptors (Lipinski definition) is 2. The Hall–Kier alpha value is -13.8. The third-order valence-corrected chi connectivity index (χ3v) is 36.2. The van der Waals surface area contributed by atoms with Crippen LogP contribution in [0, 0.1) is 0 Å². The van der Waals surface area contributed by atoms with E-state index in [2.05, 4.69) is 550 Å². The number of halogens is 1. The van der Waals surface area contributed by atoms with Crippen LogP contribution in [0.2, 0.25) is 0 Å². The first-order valence-corrected chi connectivity index (χ1v) is 54.0. The van der Waals surface area contributed by atoms with Crippen molar-refractivity contribution in [2.75, 3.05) is 0 Å². The van der Waals surface area contributed by atoms with Gasteiger partial charge in [-0.05, 0) is 265 Å². The Balaban J connectivity index is 0.000000106. The second kappa shape index (κ2) is 47.0. The molecule has 0 spiro atoms. The maximum absolute atomic E-state index is 9.49. The van der Waals surface area contributed by atoms with Gasteiger partial charge in [-0.1, -0.05) is 556 Å². The molecule has 0 heterocycles. The fourth-order valence-electron chi connectivity index (χ4n) is 19.0. The van der Waals surface area contributed by atoms with E-state index in [0.717, 1.165) is 11.1 Å². The SMILES string of the molecule is Brc1ccc2c(c1)CC2.OB(O)c1cccc(-c2ccc3ccc4cccc5ccc2c3c45)c1.[Pd].c1cc(-c2ccc3c(c2)CC3)cc(-c2ccc3ccc4cccc5ccc2c3c45)c1.c1ccc(P(c2ccccc2)c2ccccc2)cc1.c1ccc(P(c2ccccc2)c2ccccc2)cc1.c1ccc(P(c2ccccc2)c2ccccc2)cc1.c1ccc(P(c2ccccc2)c2ccccc2)cc1. The van der Waals surface area contributed by atoms with E-state index in [1.807, 2.05) is 18.2 Å². The van der Waals surface area contributed by atoms with Crippen molar-refractivity contribution in [3.05, 3.63) is 585 Å². The Morgan fingerprint density at radius 3 is 0.667 bits per heavy atom. The summed E-state index contributed by atoms with van der Waals surface area (Å²) in [6.07, 6.45) is 5.01. The Labute approximate surface area is 855 Å². The molecule has 0 amide bonds. The molecule has 0 atom stereocenters. The van der Waals surface area contributed by atoms with Crippen LogP contribution in [0.4, 0.5) is 0 Å². The van der Waals surface area contributed by atoms with Crippen LogP contribution in [0.1, 0.15) is 22.3 Å². The van der Waals surface area contributed by atoms with Crippen LogP contribution in [0.3, 0.4) is 0 Å². The average molecular weight is 2040 g/mol. The quantitative estimate of drug-likeness (QED) is 0.0575. The van der Waals surface area contributed by atoms with E-state index in [4.69, 9.17) is 0 Å². The zero-order valence-corrected chi connectivity index (χ0v) is 84.6. The molecule has 0 aromatic heterocycles. The third-order valence-electron chi connectivity index (χ3n) is 25.9. The first-order chi connectivity index (χ1) is 69.2. The van der Waals surface area contributed by atoms with Gasteiger partial charge in [-0.25, -0.2) is 0 Å². The van der Waals surface area contributed by atoms with E-state index in [9.17, 15) is 10.0 Å². The Kier molecular flexibility index (Phi) is 32.0. The molecule has 2 nitrogen and oxygen atoms in total. The second-order valence-corrected chi connectivity index (χ2v) is 44.6. The summed E-state index contributed by atoms with van der Waals surface area (Å²) in [5.41, 5.74) is 13.9. The summed E-state index contributed by atoms with van der Waals surface area (Å²) in [7, 11) is -3.24. The van der Waals surface area contributed by atoms with Crippen molar-refractivity contribution in [3.63, 3.8) is 0 Å². The number of hydrogen-bond donors (Lipinski definition) is 2. The molecular weight excluding hydrogens is 1940 g/mol. The second-order valence-electron chi connectivity index (χ2n) is 34.8. The standard InChI is InChI=1S/C30H20.C22H15BO2.4C18H15P.C8H7Br.Pd/c1-3-20-9-10-22-13-15-27(28-16-14-21(4-1)29(20)30(22)28)26-6-2-5-23(18-26)25-12-8-19-7-11-24(19)17-25;24-23(25)18-6-2-5-17(13-18)19-11-9-16-8-7-14-3-1-4-15-10-12-20(19)22(16)21(14)15;4*1-4-10-16(11-5-1)19(17-12-6-2-7-13-17)18-14-8-3-9-15-18;9-8-4-3-6-1-2-7(6)5-8;/h1-6,8-10,12-18H,7,11H2;1-13,24-25H;4*1-15H;3-5H,1-2H2;. The van der Waals surface area contributed by atoms with Gasteiger partial charge < -0.3 is 10.0 Å². The summed E-state index contributed by atoms with van der Waals surface area (Å²) in [6.45, 7) is 0. The Morgan fingerprint density at radius 1 is 0.177 bits per heavy atom. The summed E-state index contributed by atoms with van der Waals surface area (Å²) in [5, 5.41) is 51.3. The Bertz CT molecular complexity index is 7260. The molecule has 141 heavy (non-hydrogen) atoms. The van der Waals surface area contributed by atoms with Crippen LogP contribution < -0.4 is 69.1 Å². The molecule has 0 fully saturated rings. The topological polar surface area (TPSA) is 40.5 Å². The summed E-state index contributed by atoms with van der Waals surface area (Å²) in [6, 6.07) is 199. The van der Waals surface area contributed by atoms with E-state index < -0.39 is 38.8 Å². The minimum Gasteiger partial charge on any atom is -0.423 e. The summed E-state index contributed by atoms with van der Waals surface area (Å²) >= 11 is 3.43. The van der Waals surface area contributed by atoms with E-state index >= 15 is 0 Å². The smallest absolute Gasteiger partial charge is 0.423 e. The van der Waals surface area contributed by atoms with Crippen LogP contribution in [0.15, 0.2) is 563 Å². The van der Waals surface area contributed by atoms with Crippen LogP contribution in [-0.4, -0.2) is 17.2 Å². The monoisotopic (exact) mass is 2040 g/mol. The molecule has 24 aromatic carbocycles. The fourth-order valence-corrected chi connectivity index (χ4v) is 28.6. The van der Waals surface area contributed by atoms with Gasteiger partial charge in [0.25, 0.3) is 0 Å². The molecule has 0 radical (unpaired) electrons. The van der Waals surface area contributed by atoms with Crippen molar-refractivity contribution in [1.29, 1.82) is 0 Å². The minimum atomic E-state index is -1.46. The number of fused-ring (bicyclic) bond motifs is 2. The van der Waals surface area contributed by atoms with Crippen molar-refractivity contribution in [3.8, 4) is 33.4 Å². The average Bonchev–Trinajstić information content (AvgIpc) is 0.737. The van der Waals surface area contributed by atoms with Crippen molar-refractivity contribution in [2.24, 2.45) is 0 Å². The van der Waals surface area contributed by atoms with Crippen molar-refractivity contribution >= 4 is 188 Å². The molecule has 0 saturated heterocycles. The molecule has 682 valence electrons. The van der Waals surface area contributed by atoms with Gasteiger partial charge in [0.15, 0.2) is 0 Å². The van der Waals surface area contributed by atoms with Crippen LogP contribution in [-0.2, 0) is 46.1 Å². The van der Waals surface area contributed by atoms with E-state index in [1.54, 1.807) is 6.07 Å². The predicted molar refractivity (Wildman–Crippen MR) is 616 cm³/mol. The summed E-state index contributed by atoms with van der Waals surface area (Å²) in [5.74, 6) is 0. The molecule has 2 aliphatic rings. The molecule has 0 unspecified atom stereocenters. The zero-order valence-electron chi connectivity index (χ0n) is 77.9. The van der Waals surface area contributed by atoms with Crippen LogP contribution >= 0.6 is 47.6 Å². The van der Waals surface area contributed by atoms with Gasteiger partial charge in [0.2, 0.25) is 0 Å². The largest absolute Gasteiger partial charge is 0.488 e. The maximum atomic E-state index is 9.49. The normalized spacial score (nSPS) is 11.5. The number of benzene rings is 24. The molecule has 26 rings (SSSR count). The van der Waals surface area contributed by atoms with Gasteiger partial charge in [0.1, 0.15) is 0 Å². The third kappa shape index (κ3) is 22.8. The van der Waals surface area contributed by atoms with Crippen molar-refractivity contribution in [1.82, 2.24) is 0 Å². The van der Waals surface area contributed by atoms with E-state index in [-0.39, 0.29) is 20.4 Å². The zero-order chi connectivity index (χ0) is 94.6. The fraction of sp³-hybridized carbons (Fsp3) is 0.0303. The first kappa shape index (κ1) is 96.1. The first-order valence-electron chi connectivity index (χ1n) is 47.8. The Morgan fingerprint density at radius 2 is 0.404 bits per heavy atom. The van der Waals surface area contributed by atoms with Crippen molar-refractivity contribution < 1.29 is 30.5 Å². The van der Waals surface area contributed by atoms with Gasteiger partial charge in [0, 0.05) is 24.9 Å². The minimum absolute atomic E-state index is 0. The van der Waals surface area contributed by atoms with Crippen LogP contribution in [0.25, 0.3) is 98.0 Å². The van der Waals surface area contributed by atoms with Gasteiger partial charge >= 0.3 is 7.12 Å². The molecule has 2 N–H and O–H groups in total.